The zero-order chi connectivity index (χ0) is 19.2. The van der Waals surface area contributed by atoms with Gasteiger partial charge in [0.1, 0.15) is 5.70 Å². The van der Waals surface area contributed by atoms with Crippen molar-refractivity contribution in [1.82, 2.24) is 4.90 Å². The van der Waals surface area contributed by atoms with Crippen molar-refractivity contribution >= 4 is 23.1 Å². The number of rotatable bonds is 8. The normalized spacial score (nSPS) is 14.2. The van der Waals surface area contributed by atoms with E-state index in [0.717, 1.165) is 36.9 Å². The molecule has 0 bridgehead atoms. The van der Waals surface area contributed by atoms with Crippen LogP contribution in [0.4, 0.5) is 5.69 Å². The molecule has 2 amide bonds. The van der Waals surface area contributed by atoms with Gasteiger partial charge >= 0.3 is 0 Å². The quantitative estimate of drug-likeness (QED) is 0.513. The van der Waals surface area contributed by atoms with Crippen LogP contribution in [0.2, 0.25) is 0 Å². The molecule has 1 aliphatic heterocycles. The molecule has 0 atom stereocenters. The fraction of sp³-hybridized carbons (Fsp3) is 0.304. The minimum absolute atomic E-state index is 0.194. The average molecular weight is 362 g/mol. The summed E-state index contributed by atoms with van der Waals surface area (Å²) in [6.07, 6.45) is 4.11. The van der Waals surface area contributed by atoms with Gasteiger partial charge in [0.2, 0.25) is 0 Å². The number of hydrogen-bond donors (Lipinski definition) is 0. The molecular formula is C23H26N2O2. The molecule has 0 aromatic heterocycles. The molecule has 0 saturated heterocycles. The molecule has 2 aromatic carbocycles. The third kappa shape index (κ3) is 3.95. The third-order valence-corrected chi connectivity index (χ3v) is 4.92. The van der Waals surface area contributed by atoms with Crippen LogP contribution in [0.5, 0.6) is 0 Å². The molecule has 4 nitrogen and oxygen atoms in total. The van der Waals surface area contributed by atoms with Gasteiger partial charge in [-0.25, -0.2) is 0 Å². The Bertz CT molecular complexity index is 828. The second-order valence-electron chi connectivity index (χ2n) is 6.81. The smallest absolute Gasteiger partial charge is 0.278 e. The Balaban J connectivity index is 1.97. The summed E-state index contributed by atoms with van der Waals surface area (Å²) < 4.78 is 0. The van der Waals surface area contributed by atoms with Crippen molar-refractivity contribution < 1.29 is 9.59 Å². The van der Waals surface area contributed by atoms with Gasteiger partial charge in [0.15, 0.2) is 0 Å². The zero-order valence-corrected chi connectivity index (χ0v) is 16.0. The topological polar surface area (TPSA) is 40.6 Å². The first-order chi connectivity index (χ1) is 13.1. The van der Waals surface area contributed by atoms with Gasteiger partial charge in [-0.1, -0.05) is 74.7 Å². The monoisotopic (exact) mass is 362 g/mol. The Morgan fingerprint density at radius 2 is 1.44 bits per heavy atom. The predicted octanol–water partition coefficient (Wildman–Crippen LogP) is 4.48. The number of amides is 2. The first-order valence-corrected chi connectivity index (χ1v) is 9.59. The fourth-order valence-corrected chi connectivity index (χ4v) is 3.42. The van der Waals surface area contributed by atoms with Gasteiger partial charge in [0, 0.05) is 19.3 Å². The van der Waals surface area contributed by atoms with E-state index in [1.54, 1.807) is 0 Å². The lowest BCUT2D eigenvalue weighted by Crippen LogP contribution is -2.35. The first kappa shape index (κ1) is 18.9. The summed E-state index contributed by atoms with van der Waals surface area (Å²) in [4.78, 5) is 29.6. The van der Waals surface area contributed by atoms with E-state index in [0.29, 0.717) is 17.8 Å². The zero-order valence-electron chi connectivity index (χ0n) is 16.0. The van der Waals surface area contributed by atoms with Gasteiger partial charge < -0.3 is 4.90 Å². The molecule has 1 heterocycles. The predicted molar refractivity (Wildman–Crippen MR) is 109 cm³/mol. The largest absolute Gasteiger partial charge is 0.339 e. The van der Waals surface area contributed by atoms with Crippen molar-refractivity contribution in [3.63, 3.8) is 0 Å². The Hall–Kier alpha value is -2.88. The molecule has 27 heavy (non-hydrogen) atoms. The second kappa shape index (κ2) is 8.67. The van der Waals surface area contributed by atoms with Gasteiger partial charge in [0.25, 0.3) is 11.8 Å². The van der Waals surface area contributed by atoms with E-state index in [-0.39, 0.29) is 11.8 Å². The van der Waals surface area contributed by atoms with Crippen LogP contribution in [0.3, 0.4) is 0 Å². The van der Waals surface area contributed by atoms with Crippen LogP contribution in [0.15, 0.2) is 66.4 Å². The lowest BCUT2D eigenvalue weighted by atomic mass is 10.0. The molecule has 0 N–H and O–H groups in total. The van der Waals surface area contributed by atoms with Crippen LogP contribution in [-0.2, 0) is 9.59 Å². The molecule has 140 valence electrons. The molecule has 0 unspecified atom stereocenters. The number of carbonyl (C=O) groups is 2. The molecule has 0 saturated carbocycles. The number of para-hydroxylation sites is 1. The molecule has 0 aliphatic carbocycles. The lowest BCUT2D eigenvalue weighted by Gasteiger charge is -2.21. The van der Waals surface area contributed by atoms with Crippen LogP contribution >= 0.6 is 0 Å². The standard InChI is InChI=1S/C23H26N2O2/c1-3-4-5-12-17-25-22(26)20(18-13-8-6-9-14-18)21(23(25)27)24(2)19-15-10-7-11-16-19/h6-11,13-16H,3-5,12,17H2,1-2H3. The Morgan fingerprint density at radius 1 is 0.815 bits per heavy atom. The highest BCUT2D eigenvalue weighted by Crippen LogP contribution is 2.33. The number of benzene rings is 2. The van der Waals surface area contributed by atoms with E-state index in [4.69, 9.17) is 0 Å². The van der Waals surface area contributed by atoms with Crippen molar-refractivity contribution in [3.8, 4) is 0 Å². The average Bonchev–Trinajstić information content (AvgIpc) is 2.96. The molecule has 3 rings (SSSR count). The summed E-state index contributed by atoms with van der Waals surface area (Å²) in [5.74, 6) is -0.401. The fourth-order valence-electron chi connectivity index (χ4n) is 3.42. The molecule has 1 aliphatic rings. The van der Waals surface area contributed by atoms with Crippen molar-refractivity contribution in [2.45, 2.75) is 32.6 Å². The number of unbranched alkanes of at least 4 members (excludes halogenated alkanes) is 3. The number of carbonyl (C=O) groups excluding carboxylic acids is 2. The molecule has 0 radical (unpaired) electrons. The van der Waals surface area contributed by atoms with E-state index in [2.05, 4.69) is 6.92 Å². The summed E-state index contributed by atoms with van der Waals surface area (Å²) in [6, 6.07) is 19.2. The van der Waals surface area contributed by atoms with Gasteiger partial charge in [0.05, 0.1) is 5.57 Å². The van der Waals surface area contributed by atoms with E-state index < -0.39 is 0 Å². The van der Waals surface area contributed by atoms with Crippen molar-refractivity contribution in [3.05, 3.63) is 71.9 Å². The number of imide groups is 1. The van der Waals surface area contributed by atoms with Gasteiger partial charge in [-0.2, -0.15) is 0 Å². The molecule has 0 spiro atoms. The summed E-state index contributed by atoms with van der Waals surface area (Å²) >= 11 is 0. The first-order valence-electron chi connectivity index (χ1n) is 9.59. The van der Waals surface area contributed by atoms with Crippen molar-refractivity contribution in [2.24, 2.45) is 0 Å². The molecule has 4 heteroatoms. The second-order valence-corrected chi connectivity index (χ2v) is 6.81. The molecular weight excluding hydrogens is 336 g/mol. The minimum atomic E-state index is -0.207. The van der Waals surface area contributed by atoms with E-state index in [1.165, 1.54) is 4.90 Å². The van der Waals surface area contributed by atoms with Crippen LogP contribution in [0.1, 0.15) is 38.2 Å². The highest BCUT2D eigenvalue weighted by molar-refractivity contribution is 6.36. The summed E-state index contributed by atoms with van der Waals surface area (Å²) in [5.41, 5.74) is 2.61. The Morgan fingerprint density at radius 3 is 2.07 bits per heavy atom. The summed E-state index contributed by atoms with van der Waals surface area (Å²) in [6.45, 7) is 2.62. The Kier molecular flexibility index (Phi) is 6.07. The van der Waals surface area contributed by atoms with Gasteiger partial charge in [-0.3, -0.25) is 14.5 Å². The van der Waals surface area contributed by atoms with Crippen LogP contribution in [0.25, 0.3) is 5.57 Å². The van der Waals surface area contributed by atoms with Crippen LogP contribution in [0, 0.1) is 0 Å². The van der Waals surface area contributed by atoms with Crippen molar-refractivity contribution in [1.29, 1.82) is 0 Å². The molecule has 2 aromatic rings. The maximum Gasteiger partial charge on any atom is 0.278 e. The number of nitrogens with zero attached hydrogens (tertiary/aromatic N) is 2. The van der Waals surface area contributed by atoms with Crippen molar-refractivity contribution in [2.75, 3.05) is 18.5 Å². The van der Waals surface area contributed by atoms with Crippen LogP contribution < -0.4 is 4.90 Å². The summed E-state index contributed by atoms with van der Waals surface area (Å²) in [7, 11) is 1.85. The maximum atomic E-state index is 13.2. The van der Waals surface area contributed by atoms with Gasteiger partial charge in [-0.15, -0.1) is 0 Å². The SMILES string of the molecule is CCCCCCN1C(=O)C(c2ccccc2)=C(N(C)c2ccccc2)C1=O. The van der Waals surface area contributed by atoms with E-state index in [9.17, 15) is 9.59 Å². The minimum Gasteiger partial charge on any atom is -0.339 e. The number of anilines is 1. The Labute approximate surface area is 161 Å². The highest BCUT2D eigenvalue weighted by Gasteiger charge is 2.40. The summed E-state index contributed by atoms with van der Waals surface area (Å²) in [5, 5.41) is 0. The van der Waals surface area contributed by atoms with E-state index in [1.807, 2.05) is 72.6 Å². The van der Waals surface area contributed by atoms with E-state index >= 15 is 0 Å². The lowest BCUT2D eigenvalue weighted by molar-refractivity contribution is -0.136. The van der Waals surface area contributed by atoms with Crippen LogP contribution in [-0.4, -0.2) is 30.3 Å². The maximum absolute atomic E-state index is 13.2. The third-order valence-electron chi connectivity index (χ3n) is 4.92. The number of likely N-dealkylation sites (N-methyl/N-ethyl adjacent to an activating group) is 1. The highest BCUT2D eigenvalue weighted by atomic mass is 16.2. The molecule has 0 fully saturated rings. The van der Waals surface area contributed by atoms with Gasteiger partial charge in [-0.05, 0) is 24.1 Å². The number of hydrogen-bond acceptors (Lipinski definition) is 3.